The number of aromatic nitrogens is 1. The number of alkyl halides is 1. The normalized spacial score (nSPS) is 10.4. The van der Waals surface area contributed by atoms with Crippen molar-refractivity contribution in [2.24, 2.45) is 0 Å². The van der Waals surface area contributed by atoms with E-state index in [4.69, 9.17) is 16.9 Å². The average molecular weight is 251 g/mol. The van der Waals surface area contributed by atoms with E-state index >= 15 is 0 Å². The summed E-state index contributed by atoms with van der Waals surface area (Å²) >= 11 is 6.04. The first-order chi connectivity index (χ1) is 8.22. The molecule has 1 aromatic heterocycles. The summed E-state index contributed by atoms with van der Waals surface area (Å²) < 4.78 is 14.0. The smallest absolute Gasteiger partial charge is 0.166 e. The number of rotatable bonds is 3. The van der Waals surface area contributed by atoms with Crippen LogP contribution in [0.3, 0.4) is 0 Å². The van der Waals surface area contributed by atoms with Gasteiger partial charge in [0, 0.05) is 5.39 Å². The van der Waals surface area contributed by atoms with Gasteiger partial charge in [-0.05, 0) is 18.2 Å². The second-order valence-electron chi connectivity index (χ2n) is 3.50. The van der Waals surface area contributed by atoms with E-state index in [2.05, 4.69) is 0 Å². The average Bonchev–Trinajstić information content (AvgIpc) is 2.70. The zero-order valence-corrected chi connectivity index (χ0v) is 9.54. The van der Waals surface area contributed by atoms with Crippen LogP contribution in [0.5, 0.6) is 0 Å². The van der Waals surface area contributed by atoms with Gasteiger partial charge in [-0.3, -0.25) is 4.79 Å². The SMILES string of the molecule is N#Cc1ccc2c(cc(C=O)n2CCF)c1Cl. The maximum Gasteiger partial charge on any atom is 0.166 e. The van der Waals surface area contributed by atoms with E-state index in [1.807, 2.05) is 6.07 Å². The molecule has 0 fully saturated rings. The minimum absolute atomic E-state index is 0.0970. The maximum absolute atomic E-state index is 12.4. The molecule has 0 saturated carbocycles. The fraction of sp³-hybridized carbons (Fsp3) is 0.167. The fourth-order valence-electron chi connectivity index (χ4n) is 1.84. The number of benzene rings is 1. The van der Waals surface area contributed by atoms with Crippen molar-refractivity contribution in [2.45, 2.75) is 6.54 Å². The largest absolute Gasteiger partial charge is 0.336 e. The molecule has 3 nitrogen and oxygen atoms in total. The molecule has 0 unspecified atom stereocenters. The highest BCUT2D eigenvalue weighted by molar-refractivity contribution is 6.36. The van der Waals surface area contributed by atoms with Gasteiger partial charge in [0.2, 0.25) is 0 Å². The van der Waals surface area contributed by atoms with Gasteiger partial charge in [-0.25, -0.2) is 4.39 Å². The molecule has 2 aromatic rings. The van der Waals surface area contributed by atoms with Crippen LogP contribution in [0, 0.1) is 11.3 Å². The van der Waals surface area contributed by atoms with Crippen LogP contribution in [-0.2, 0) is 6.54 Å². The molecule has 0 aliphatic heterocycles. The second-order valence-corrected chi connectivity index (χ2v) is 3.88. The molecule has 0 amide bonds. The van der Waals surface area contributed by atoms with Gasteiger partial charge in [-0.15, -0.1) is 0 Å². The van der Waals surface area contributed by atoms with Crippen molar-refractivity contribution in [1.29, 1.82) is 5.26 Å². The molecule has 86 valence electrons. The number of aryl methyl sites for hydroxylation is 1. The zero-order chi connectivity index (χ0) is 12.4. The van der Waals surface area contributed by atoms with Gasteiger partial charge >= 0.3 is 0 Å². The van der Waals surface area contributed by atoms with Crippen LogP contribution in [0.4, 0.5) is 4.39 Å². The van der Waals surface area contributed by atoms with Gasteiger partial charge in [-0.1, -0.05) is 11.6 Å². The van der Waals surface area contributed by atoms with Crippen LogP contribution in [-0.4, -0.2) is 17.5 Å². The maximum atomic E-state index is 12.4. The molecule has 0 radical (unpaired) electrons. The number of halogens is 2. The Labute approximate surface area is 102 Å². The topological polar surface area (TPSA) is 45.8 Å². The number of carbonyl (C=O) groups is 1. The molecule has 0 N–H and O–H groups in total. The number of fused-ring (bicyclic) bond motifs is 1. The predicted octanol–water partition coefficient (Wildman–Crippen LogP) is 2.95. The van der Waals surface area contributed by atoms with E-state index in [-0.39, 0.29) is 6.54 Å². The molecular weight excluding hydrogens is 243 g/mol. The summed E-state index contributed by atoms with van der Waals surface area (Å²) in [6.45, 7) is -0.470. The number of carbonyl (C=O) groups excluding carboxylic acids is 1. The third-order valence-electron chi connectivity index (χ3n) is 2.60. The Morgan fingerprint density at radius 1 is 1.53 bits per heavy atom. The molecule has 0 atom stereocenters. The standard InChI is InChI=1S/C12H8ClFN2O/c13-12-8(6-15)1-2-11-10(12)5-9(7-17)16(11)4-3-14/h1-2,5,7H,3-4H2. The summed E-state index contributed by atoms with van der Waals surface area (Å²) in [4.78, 5) is 10.9. The van der Waals surface area contributed by atoms with Crippen molar-refractivity contribution < 1.29 is 9.18 Å². The molecular formula is C12H8ClFN2O. The van der Waals surface area contributed by atoms with E-state index in [1.54, 1.807) is 22.8 Å². The zero-order valence-electron chi connectivity index (χ0n) is 8.78. The molecule has 1 heterocycles. The minimum Gasteiger partial charge on any atom is -0.336 e. The number of nitriles is 1. The van der Waals surface area contributed by atoms with Crippen molar-refractivity contribution >= 4 is 28.8 Å². The Morgan fingerprint density at radius 2 is 2.29 bits per heavy atom. The van der Waals surface area contributed by atoms with Gasteiger partial charge in [0.05, 0.1) is 28.3 Å². The highest BCUT2D eigenvalue weighted by Crippen LogP contribution is 2.29. The van der Waals surface area contributed by atoms with Crippen LogP contribution in [0.25, 0.3) is 10.9 Å². The van der Waals surface area contributed by atoms with E-state index in [1.165, 1.54) is 0 Å². The summed E-state index contributed by atoms with van der Waals surface area (Å²) in [5.41, 5.74) is 1.36. The highest BCUT2D eigenvalue weighted by atomic mass is 35.5. The van der Waals surface area contributed by atoms with Crippen LogP contribution >= 0.6 is 11.6 Å². The quantitative estimate of drug-likeness (QED) is 0.786. The molecule has 5 heteroatoms. The fourth-order valence-corrected chi connectivity index (χ4v) is 2.09. The first-order valence-electron chi connectivity index (χ1n) is 4.96. The van der Waals surface area contributed by atoms with E-state index < -0.39 is 6.67 Å². The Balaban J connectivity index is 2.78. The Kier molecular flexibility index (Phi) is 3.12. The molecule has 0 aliphatic carbocycles. The van der Waals surface area contributed by atoms with E-state index in [0.717, 1.165) is 0 Å². The second kappa shape index (κ2) is 4.56. The monoisotopic (exact) mass is 250 g/mol. The third-order valence-corrected chi connectivity index (χ3v) is 3.01. The number of hydrogen-bond acceptors (Lipinski definition) is 2. The molecule has 0 spiro atoms. The lowest BCUT2D eigenvalue weighted by atomic mass is 10.2. The molecule has 0 saturated heterocycles. The summed E-state index contributed by atoms with van der Waals surface area (Å²) in [5.74, 6) is 0. The number of nitrogens with zero attached hydrogens (tertiary/aromatic N) is 2. The lowest BCUT2D eigenvalue weighted by molar-refractivity contribution is 0.111. The lowest BCUT2D eigenvalue weighted by Crippen LogP contribution is -2.03. The summed E-state index contributed by atoms with van der Waals surface area (Å²) in [6.07, 6.45) is 0.651. The summed E-state index contributed by atoms with van der Waals surface area (Å²) in [6, 6.07) is 6.77. The third kappa shape index (κ3) is 1.79. The molecule has 1 aromatic carbocycles. The van der Waals surface area contributed by atoms with Crippen LogP contribution in [0.15, 0.2) is 18.2 Å². The molecule has 2 rings (SSSR count). The van der Waals surface area contributed by atoms with E-state index in [0.29, 0.717) is 33.5 Å². The number of hydrogen-bond donors (Lipinski definition) is 0. The minimum atomic E-state index is -0.567. The van der Waals surface area contributed by atoms with Crippen molar-refractivity contribution in [3.8, 4) is 6.07 Å². The molecule has 0 bridgehead atoms. The summed E-state index contributed by atoms with van der Waals surface area (Å²) in [7, 11) is 0. The van der Waals surface area contributed by atoms with Crippen LogP contribution in [0.2, 0.25) is 5.02 Å². The van der Waals surface area contributed by atoms with Crippen LogP contribution < -0.4 is 0 Å². The Bertz CT molecular complexity index is 627. The van der Waals surface area contributed by atoms with Gasteiger partial charge in [0.1, 0.15) is 12.7 Å². The lowest BCUT2D eigenvalue weighted by Gasteiger charge is -2.04. The van der Waals surface area contributed by atoms with Crippen molar-refractivity contribution in [1.82, 2.24) is 4.57 Å². The van der Waals surface area contributed by atoms with Gasteiger partial charge < -0.3 is 4.57 Å². The Hall–Kier alpha value is -1.86. The van der Waals surface area contributed by atoms with Crippen molar-refractivity contribution in [3.05, 3.63) is 34.5 Å². The Morgan fingerprint density at radius 3 is 2.88 bits per heavy atom. The first kappa shape index (κ1) is 11.6. The van der Waals surface area contributed by atoms with Crippen LogP contribution in [0.1, 0.15) is 16.1 Å². The van der Waals surface area contributed by atoms with E-state index in [9.17, 15) is 9.18 Å². The predicted molar refractivity (Wildman–Crippen MR) is 63.0 cm³/mol. The molecule has 0 aliphatic rings. The van der Waals surface area contributed by atoms with Crippen molar-refractivity contribution in [2.75, 3.05) is 6.67 Å². The number of aldehydes is 1. The van der Waals surface area contributed by atoms with Gasteiger partial charge in [0.15, 0.2) is 6.29 Å². The molecule has 17 heavy (non-hydrogen) atoms. The highest BCUT2D eigenvalue weighted by Gasteiger charge is 2.13. The summed E-state index contributed by atoms with van der Waals surface area (Å²) in [5, 5.41) is 9.74. The first-order valence-corrected chi connectivity index (χ1v) is 5.33. The van der Waals surface area contributed by atoms with Gasteiger partial charge in [-0.2, -0.15) is 5.26 Å². The van der Waals surface area contributed by atoms with Crippen molar-refractivity contribution in [3.63, 3.8) is 0 Å². The van der Waals surface area contributed by atoms with Gasteiger partial charge in [0.25, 0.3) is 0 Å².